The predicted octanol–water partition coefficient (Wildman–Crippen LogP) is 13.2. The Balaban J connectivity index is 0. The molecule has 0 rings (SSSR count). The topological polar surface area (TPSA) is 37.3 Å². The lowest BCUT2D eigenvalue weighted by atomic mass is 9.77. The van der Waals surface area contributed by atoms with Gasteiger partial charge in [0.05, 0.1) is 5.92 Å². The average molecular weight is 571 g/mol. The maximum Gasteiger partial charge on any atom is 0.306 e. The van der Waals surface area contributed by atoms with E-state index in [9.17, 15) is 4.79 Å². The molecule has 236 valence electrons. The van der Waals surface area contributed by atoms with Gasteiger partial charge >= 0.3 is 5.97 Å². The van der Waals surface area contributed by atoms with Gasteiger partial charge in [0.2, 0.25) is 0 Å². The van der Waals surface area contributed by atoms with Crippen LogP contribution in [0.3, 0.4) is 0 Å². The quantitative estimate of drug-likeness (QED) is 0.0750. The Kier molecular flexibility index (Phi) is 32.5. The average Bonchev–Trinajstić information content (AvgIpc) is 2.93. The van der Waals surface area contributed by atoms with E-state index in [2.05, 4.69) is 43.9 Å². The van der Waals surface area contributed by atoms with Crippen LogP contribution in [0.4, 0.5) is 0 Å². The van der Waals surface area contributed by atoms with E-state index < -0.39 is 5.97 Å². The minimum absolute atomic E-state index is 0.111. The van der Waals surface area contributed by atoms with Crippen molar-refractivity contribution >= 4 is 15.2 Å². The molecule has 3 atom stereocenters. The van der Waals surface area contributed by atoms with Gasteiger partial charge in [-0.05, 0) is 49.6 Å². The van der Waals surface area contributed by atoms with Gasteiger partial charge in [0, 0.05) is 0 Å². The molecule has 0 saturated heterocycles. The summed E-state index contributed by atoms with van der Waals surface area (Å²) in [7, 11) is 3.39. The minimum atomic E-state index is -0.643. The first kappa shape index (κ1) is 41.0. The van der Waals surface area contributed by atoms with Crippen molar-refractivity contribution in [1.29, 1.82) is 0 Å². The molecule has 0 saturated carbocycles. The predicted molar refractivity (Wildman–Crippen MR) is 181 cm³/mol. The molecule has 0 aromatic rings. The van der Waals surface area contributed by atoms with Gasteiger partial charge in [-0.25, -0.2) is 0 Å². The van der Waals surface area contributed by atoms with Crippen LogP contribution < -0.4 is 0 Å². The molecule has 0 aliphatic carbocycles. The molecule has 0 aliphatic rings. The fourth-order valence-corrected chi connectivity index (χ4v) is 6.64. The summed E-state index contributed by atoms with van der Waals surface area (Å²) in [5.74, 6) is 0.185. The molecule has 2 nitrogen and oxygen atoms in total. The van der Waals surface area contributed by atoms with Gasteiger partial charge in [0.1, 0.15) is 0 Å². The summed E-state index contributed by atoms with van der Waals surface area (Å²) in [6, 6.07) is 0. The molecule has 0 aliphatic heterocycles. The van der Waals surface area contributed by atoms with E-state index in [0.29, 0.717) is 5.16 Å². The Hall–Kier alpha value is -0.100. The fraction of sp³-hybridized carbons (Fsp3) is 0.972. The third kappa shape index (κ3) is 25.3. The zero-order valence-electron chi connectivity index (χ0n) is 28.0. The second kappa shape index (κ2) is 30.8. The first-order chi connectivity index (χ1) is 18.9. The third-order valence-electron chi connectivity index (χ3n) is 8.87. The standard InChI is InChI=1S/C28H59P.C8H16O2/c1-5-9-13-14-15-16-17-18-19-20-21-22-24-27(23-10-6-2)28(29,25-11-7-3)26-12-8-4;1-3-5-6-7(4-2)8(9)10/h27H,5-26,29H2,1-4H3;7H,3-6H2,1-2H3,(H,9,10). The highest BCUT2D eigenvalue weighted by molar-refractivity contribution is 7.19. The third-order valence-corrected chi connectivity index (χ3v) is 9.91. The highest BCUT2D eigenvalue weighted by atomic mass is 31.0. The van der Waals surface area contributed by atoms with Gasteiger partial charge in [0.15, 0.2) is 0 Å². The zero-order chi connectivity index (χ0) is 29.6. The number of carbonyl (C=O) groups is 1. The molecule has 0 radical (unpaired) electrons. The van der Waals surface area contributed by atoms with E-state index in [1.165, 1.54) is 141 Å². The smallest absolute Gasteiger partial charge is 0.306 e. The SMILES string of the molecule is CCCCC(CC)C(=O)O.CCCCCCCCCCCCCCC(CCCC)C(P)(CCCC)CCCC. The molecule has 0 fully saturated rings. The summed E-state index contributed by atoms with van der Waals surface area (Å²) in [4.78, 5) is 10.4. The molecule has 39 heavy (non-hydrogen) atoms. The maximum absolute atomic E-state index is 10.4. The van der Waals surface area contributed by atoms with Gasteiger partial charge in [0.25, 0.3) is 0 Å². The molecule has 0 heterocycles. The fourth-order valence-electron chi connectivity index (χ4n) is 5.90. The zero-order valence-corrected chi connectivity index (χ0v) is 29.1. The first-order valence-electron chi connectivity index (χ1n) is 17.9. The monoisotopic (exact) mass is 571 g/mol. The summed E-state index contributed by atoms with van der Waals surface area (Å²) in [5, 5.41) is 9.13. The van der Waals surface area contributed by atoms with Gasteiger partial charge in [-0.3, -0.25) is 4.79 Å². The molecule has 0 amide bonds. The lowest BCUT2D eigenvalue weighted by Gasteiger charge is -2.39. The molecule has 1 N–H and O–H groups in total. The van der Waals surface area contributed by atoms with E-state index in [1.54, 1.807) is 0 Å². The Bertz CT molecular complexity index is 484. The Morgan fingerprint density at radius 3 is 1.28 bits per heavy atom. The molecular formula is C36H75O2P. The van der Waals surface area contributed by atoms with Crippen LogP contribution in [0.25, 0.3) is 0 Å². The molecule has 0 bridgehead atoms. The largest absolute Gasteiger partial charge is 0.481 e. The van der Waals surface area contributed by atoms with E-state index >= 15 is 0 Å². The number of hydrogen-bond acceptors (Lipinski definition) is 1. The van der Waals surface area contributed by atoms with Crippen LogP contribution in [-0.4, -0.2) is 16.2 Å². The van der Waals surface area contributed by atoms with Crippen molar-refractivity contribution < 1.29 is 9.90 Å². The van der Waals surface area contributed by atoms with Crippen LogP contribution in [0.15, 0.2) is 0 Å². The minimum Gasteiger partial charge on any atom is -0.481 e. The second-order valence-corrected chi connectivity index (χ2v) is 13.7. The molecular weight excluding hydrogens is 495 g/mol. The van der Waals surface area contributed by atoms with Crippen LogP contribution >= 0.6 is 9.24 Å². The number of rotatable bonds is 28. The van der Waals surface area contributed by atoms with Gasteiger partial charge in [-0.2, -0.15) is 0 Å². The number of aliphatic carboxylic acids is 1. The van der Waals surface area contributed by atoms with Crippen molar-refractivity contribution in [3.8, 4) is 0 Å². The first-order valence-corrected chi connectivity index (χ1v) is 18.5. The highest BCUT2D eigenvalue weighted by Gasteiger charge is 2.32. The Labute approximate surface area is 250 Å². The molecule has 3 unspecified atom stereocenters. The van der Waals surface area contributed by atoms with Crippen LogP contribution in [0.1, 0.15) is 208 Å². The maximum atomic E-state index is 10.4. The van der Waals surface area contributed by atoms with Crippen molar-refractivity contribution in [2.45, 2.75) is 214 Å². The molecule has 0 aromatic carbocycles. The second-order valence-electron chi connectivity index (χ2n) is 12.5. The summed E-state index contributed by atoms with van der Waals surface area (Å²) in [6.07, 6.45) is 35.4. The highest BCUT2D eigenvalue weighted by Crippen LogP contribution is 2.43. The summed E-state index contributed by atoms with van der Waals surface area (Å²) in [5.41, 5.74) is 0. The van der Waals surface area contributed by atoms with Crippen molar-refractivity contribution in [1.82, 2.24) is 0 Å². The van der Waals surface area contributed by atoms with Gasteiger partial charge in [-0.15, -0.1) is 9.24 Å². The molecule has 3 heteroatoms. The van der Waals surface area contributed by atoms with Gasteiger partial charge in [-0.1, -0.05) is 170 Å². The van der Waals surface area contributed by atoms with Crippen LogP contribution in [-0.2, 0) is 4.79 Å². The molecule has 0 spiro atoms. The number of carboxylic acid groups (broad SMARTS) is 1. The summed E-state index contributed by atoms with van der Waals surface area (Å²) in [6.45, 7) is 13.4. The van der Waals surface area contributed by atoms with E-state index in [4.69, 9.17) is 5.11 Å². The van der Waals surface area contributed by atoms with Crippen molar-refractivity contribution in [3.63, 3.8) is 0 Å². The van der Waals surface area contributed by atoms with Crippen molar-refractivity contribution in [2.24, 2.45) is 11.8 Å². The van der Waals surface area contributed by atoms with E-state index in [0.717, 1.165) is 31.6 Å². The summed E-state index contributed by atoms with van der Waals surface area (Å²) >= 11 is 0. The van der Waals surface area contributed by atoms with Crippen molar-refractivity contribution in [2.75, 3.05) is 0 Å². The van der Waals surface area contributed by atoms with E-state index in [-0.39, 0.29) is 5.92 Å². The van der Waals surface area contributed by atoms with Crippen LogP contribution in [0.5, 0.6) is 0 Å². The number of carboxylic acids is 1. The number of hydrogen-bond donors (Lipinski definition) is 1. The Morgan fingerprint density at radius 1 is 0.538 bits per heavy atom. The summed E-state index contributed by atoms with van der Waals surface area (Å²) < 4.78 is 0. The van der Waals surface area contributed by atoms with Crippen LogP contribution in [0.2, 0.25) is 0 Å². The lowest BCUT2D eigenvalue weighted by Crippen LogP contribution is -2.32. The Morgan fingerprint density at radius 2 is 0.897 bits per heavy atom. The van der Waals surface area contributed by atoms with Gasteiger partial charge < -0.3 is 5.11 Å². The van der Waals surface area contributed by atoms with E-state index in [1.807, 2.05) is 6.92 Å². The normalized spacial score (nSPS) is 13.1. The number of unbranched alkanes of at least 4 members (excludes halogenated alkanes) is 15. The van der Waals surface area contributed by atoms with Crippen molar-refractivity contribution in [3.05, 3.63) is 0 Å². The lowest BCUT2D eigenvalue weighted by molar-refractivity contribution is -0.142. The van der Waals surface area contributed by atoms with Crippen LogP contribution in [0, 0.1) is 11.8 Å². The molecule has 0 aromatic heterocycles.